The van der Waals surface area contributed by atoms with Gasteiger partial charge >= 0.3 is 0 Å². The van der Waals surface area contributed by atoms with Crippen LogP contribution in [0, 0.1) is 0 Å². The lowest BCUT2D eigenvalue weighted by molar-refractivity contribution is 0.674. The number of nitrogens with zero attached hydrogens (tertiary/aromatic N) is 1. The van der Waals surface area contributed by atoms with Crippen LogP contribution in [0.3, 0.4) is 0 Å². The highest BCUT2D eigenvalue weighted by Gasteiger charge is 2.15. The Labute approximate surface area is 132 Å². The Kier molecular flexibility index (Phi) is 6.40. The van der Waals surface area contributed by atoms with E-state index >= 15 is 0 Å². The van der Waals surface area contributed by atoms with Crippen LogP contribution >= 0.6 is 11.3 Å². The van der Waals surface area contributed by atoms with Crippen LogP contribution in [-0.4, -0.2) is 18.1 Å². The minimum atomic E-state index is 0.551. The Morgan fingerprint density at radius 2 is 1.90 bits per heavy atom. The molecule has 0 amide bonds. The quantitative estimate of drug-likeness (QED) is 0.704. The highest BCUT2D eigenvalue weighted by molar-refractivity contribution is 7.12. The molecule has 0 radical (unpaired) electrons. The monoisotopic (exact) mass is 302 g/mol. The van der Waals surface area contributed by atoms with Gasteiger partial charge in [-0.3, -0.25) is 0 Å². The first kappa shape index (κ1) is 16.2. The fourth-order valence-electron chi connectivity index (χ4n) is 2.25. The average molecular weight is 302 g/mol. The van der Waals surface area contributed by atoms with Crippen molar-refractivity contribution < 1.29 is 0 Å². The summed E-state index contributed by atoms with van der Waals surface area (Å²) in [6.45, 7) is 8.84. The zero-order valence-electron chi connectivity index (χ0n) is 13.4. The van der Waals surface area contributed by atoms with E-state index in [4.69, 9.17) is 4.98 Å². The molecule has 1 atom stereocenters. The Balaban J connectivity index is 2.21. The molecule has 2 nitrogen and oxygen atoms in total. The van der Waals surface area contributed by atoms with Gasteiger partial charge in [-0.25, -0.2) is 4.98 Å². The molecule has 114 valence electrons. The maximum Gasteiger partial charge on any atom is 0.0963 e. The van der Waals surface area contributed by atoms with E-state index in [1.54, 1.807) is 0 Å². The van der Waals surface area contributed by atoms with Crippen molar-refractivity contribution in [2.45, 2.75) is 46.0 Å². The van der Waals surface area contributed by atoms with E-state index < -0.39 is 0 Å². The highest BCUT2D eigenvalue weighted by Crippen LogP contribution is 2.33. The summed E-state index contributed by atoms with van der Waals surface area (Å²) in [5.74, 6) is 0.551. The average Bonchev–Trinajstić information content (AvgIpc) is 2.96. The van der Waals surface area contributed by atoms with Crippen molar-refractivity contribution in [2.75, 3.05) is 13.1 Å². The lowest BCUT2D eigenvalue weighted by Crippen LogP contribution is -2.17. The predicted octanol–water partition coefficient (Wildman–Crippen LogP) is 4.87. The van der Waals surface area contributed by atoms with Crippen LogP contribution in [-0.2, 0) is 6.42 Å². The smallest absolute Gasteiger partial charge is 0.0963 e. The lowest BCUT2D eigenvalue weighted by Gasteiger charge is -2.04. The summed E-state index contributed by atoms with van der Waals surface area (Å²) < 4.78 is 0. The maximum atomic E-state index is 4.94. The molecule has 1 aromatic heterocycles. The normalized spacial score (nSPS) is 12.5. The van der Waals surface area contributed by atoms with Crippen molar-refractivity contribution in [1.82, 2.24) is 10.3 Å². The zero-order chi connectivity index (χ0) is 15.1. The molecule has 0 saturated carbocycles. The van der Waals surface area contributed by atoms with Gasteiger partial charge in [-0.1, -0.05) is 51.1 Å². The van der Waals surface area contributed by atoms with Crippen LogP contribution in [0.1, 0.15) is 49.4 Å². The molecule has 3 heteroatoms. The van der Waals surface area contributed by atoms with E-state index in [9.17, 15) is 0 Å². The van der Waals surface area contributed by atoms with Crippen LogP contribution in [0.15, 0.2) is 30.3 Å². The number of hydrogen-bond acceptors (Lipinski definition) is 3. The van der Waals surface area contributed by atoms with E-state index in [0.717, 1.165) is 25.9 Å². The minimum absolute atomic E-state index is 0.551. The molecule has 0 fully saturated rings. The minimum Gasteiger partial charge on any atom is -0.316 e. The van der Waals surface area contributed by atoms with E-state index in [2.05, 4.69) is 56.4 Å². The number of aromatic nitrogens is 1. The largest absolute Gasteiger partial charge is 0.316 e. The first-order valence-electron chi connectivity index (χ1n) is 8.02. The Bertz CT molecular complexity index is 533. The Morgan fingerprint density at radius 3 is 2.57 bits per heavy atom. The molecule has 0 aliphatic heterocycles. The molecule has 1 N–H and O–H groups in total. The third kappa shape index (κ3) is 4.39. The highest BCUT2D eigenvalue weighted by atomic mass is 32.1. The van der Waals surface area contributed by atoms with E-state index in [-0.39, 0.29) is 0 Å². The summed E-state index contributed by atoms with van der Waals surface area (Å²) in [5, 5.41) is 4.77. The van der Waals surface area contributed by atoms with Gasteiger partial charge in [0.15, 0.2) is 0 Å². The molecular formula is C18H26N2S. The molecule has 1 aromatic carbocycles. The fourth-order valence-corrected chi connectivity index (χ4v) is 3.47. The fraction of sp³-hybridized carbons (Fsp3) is 0.500. The van der Waals surface area contributed by atoms with E-state index in [1.165, 1.54) is 27.6 Å². The summed E-state index contributed by atoms with van der Waals surface area (Å²) in [7, 11) is 0. The molecule has 2 rings (SSSR count). The Hall–Kier alpha value is -1.19. The van der Waals surface area contributed by atoms with E-state index in [1.807, 2.05) is 11.3 Å². The SMILES string of the molecule is CCCNCCc1sc(C(C)CC)nc1-c1ccccc1. The number of hydrogen-bond donors (Lipinski definition) is 1. The summed E-state index contributed by atoms with van der Waals surface area (Å²) in [4.78, 5) is 6.36. The van der Waals surface area contributed by atoms with Gasteiger partial charge in [-0.15, -0.1) is 11.3 Å². The number of rotatable bonds is 8. The summed E-state index contributed by atoms with van der Waals surface area (Å²) >= 11 is 1.89. The van der Waals surface area contributed by atoms with Crippen LogP contribution in [0.5, 0.6) is 0 Å². The first-order chi connectivity index (χ1) is 10.3. The third-order valence-electron chi connectivity index (χ3n) is 3.75. The molecular weight excluding hydrogens is 276 g/mol. The summed E-state index contributed by atoms with van der Waals surface area (Å²) in [5.41, 5.74) is 2.43. The second-order valence-corrected chi connectivity index (χ2v) is 6.61. The van der Waals surface area contributed by atoms with Gasteiger partial charge in [0, 0.05) is 22.9 Å². The van der Waals surface area contributed by atoms with Crippen LogP contribution in [0.25, 0.3) is 11.3 Å². The van der Waals surface area contributed by atoms with Crippen molar-refractivity contribution in [1.29, 1.82) is 0 Å². The van der Waals surface area contributed by atoms with Gasteiger partial charge in [0.25, 0.3) is 0 Å². The van der Waals surface area contributed by atoms with Crippen LogP contribution in [0.4, 0.5) is 0 Å². The van der Waals surface area contributed by atoms with Gasteiger partial charge in [-0.2, -0.15) is 0 Å². The topological polar surface area (TPSA) is 24.9 Å². The van der Waals surface area contributed by atoms with Crippen molar-refractivity contribution in [2.24, 2.45) is 0 Å². The van der Waals surface area contributed by atoms with Crippen molar-refractivity contribution >= 4 is 11.3 Å². The van der Waals surface area contributed by atoms with Gasteiger partial charge in [0.1, 0.15) is 0 Å². The molecule has 2 aromatic rings. The van der Waals surface area contributed by atoms with Gasteiger partial charge in [-0.05, 0) is 25.8 Å². The molecule has 0 spiro atoms. The first-order valence-corrected chi connectivity index (χ1v) is 8.83. The van der Waals surface area contributed by atoms with Crippen molar-refractivity contribution in [3.63, 3.8) is 0 Å². The van der Waals surface area contributed by atoms with Crippen LogP contribution in [0.2, 0.25) is 0 Å². The van der Waals surface area contributed by atoms with Gasteiger partial charge in [0.05, 0.1) is 10.7 Å². The molecule has 0 bridgehead atoms. The van der Waals surface area contributed by atoms with Crippen molar-refractivity contribution in [3.05, 3.63) is 40.2 Å². The zero-order valence-corrected chi connectivity index (χ0v) is 14.2. The molecule has 1 unspecified atom stereocenters. The standard InChI is InChI=1S/C18H26N2S/c1-4-12-19-13-11-16-17(15-9-7-6-8-10-15)20-18(21-16)14(3)5-2/h6-10,14,19H,4-5,11-13H2,1-3H3. The molecule has 1 heterocycles. The number of nitrogens with one attached hydrogen (secondary N) is 1. The third-order valence-corrected chi connectivity index (χ3v) is 5.10. The Morgan fingerprint density at radius 1 is 1.14 bits per heavy atom. The second-order valence-electron chi connectivity index (χ2n) is 5.50. The maximum absolute atomic E-state index is 4.94. The number of benzene rings is 1. The van der Waals surface area contributed by atoms with Crippen LogP contribution < -0.4 is 5.32 Å². The summed E-state index contributed by atoms with van der Waals surface area (Å²) in [6, 6.07) is 10.6. The van der Waals surface area contributed by atoms with Gasteiger partial charge in [0.2, 0.25) is 0 Å². The molecule has 0 aliphatic rings. The van der Waals surface area contributed by atoms with Crippen molar-refractivity contribution in [3.8, 4) is 11.3 Å². The number of thiazole rings is 1. The molecule has 0 aliphatic carbocycles. The van der Waals surface area contributed by atoms with Gasteiger partial charge < -0.3 is 5.32 Å². The predicted molar refractivity (Wildman–Crippen MR) is 93.1 cm³/mol. The second kappa shape index (κ2) is 8.30. The summed E-state index contributed by atoms with van der Waals surface area (Å²) in [6.07, 6.45) is 3.40. The molecule has 0 saturated heterocycles. The van der Waals surface area contributed by atoms with E-state index in [0.29, 0.717) is 5.92 Å². The lowest BCUT2D eigenvalue weighted by atomic mass is 10.1. The molecule has 21 heavy (non-hydrogen) atoms.